The van der Waals surface area contributed by atoms with Gasteiger partial charge in [-0.25, -0.2) is 4.79 Å². The highest BCUT2D eigenvalue weighted by atomic mass is 16.5. The number of carbonyl (C=O) groups is 1. The Labute approximate surface area is 158 Å². The molecule has 0 bridgehead atoms. The second-order valence-electron chi connectivity index (χ2n) is 6.88. The fraction of sp³-hybridized carbons (Fsp3) is 0.273. The highest BCUT2D eigenvalue weighted by molar-refractivity contribution is 6.00. The summed E-state index contributed by atoms with van der Waals surface area (Å²) in [7, 11) is 1.33. The number of likely N-dealkylation sites (tertiary alicyclic amines) is 1. The topological polar surface area (TPSA) is 62.7 Å². The summed E-state index contributed by atoms with van der Waals surface area (Å²) in [6.45, 7) is 1.51. The van der Waals surface area contributed by atoms with Crippen LogP contribution in [0.15, 0.2) is 54.9 Å². The van der Waals surface area contributed by atoms with Gasteiger partial charge in [-0.3, -0.25) is 9.88 Å². The van der Waals surface area contributed by atoms with Gasteiger partial charge in [-0.1, -0.05) is 30.3 Å². The molecule has 0 saturated carbocycles. The lowest BCUT2D eigenvalue weighted by Crippen LogP contribution is -2.23. The molecule has 0 radical (unpaired) electrons. The van der Waals surface area contributed by atoms with Gasteiger partial charge in [0.15, 0.2) is 0 Å². The Morgan fingerprint density at radius 2 is 2.15 bits per heavy atom. The standard InChI is InChI=1S/C22H22N2O3/c1-27-22(26)18-12-15-6-2-3-8-17(15)19(21(18)25)14-24-11-5-9-20(24)16-7-4-10-23-13-16/h2-4,6-8,10,12-13,20,25H,5,9,11,14H2,1H3/t20-/m1/s1. The monoisotopic (exact) mass is 362 g/mol. The third kappa shape index (κ3) is 3.26. The Bertz CT molecular complexity index is 972. The minimum Gasteiger partial charge on any atom is -0.507 e. The van der Waals surface area contributed by atoms with Gasteiger partial charge in [0.05, 0.1) is 7.11 Å². The second kappa shape index (κ2) is 7.37. The van der Waals surface area contributed by atoms with Crippen molar-refractivity contribution in [3.8, 4) is 5.75 Å². The van der Waals surface area contributed by atoms with Gasteiger partial charge in [0.2, 0.25) is 0 Å². The molecule has 138 valence electrons. The summed E-state index contributed by atoms with van der Waals surface area (Å²) in [6.07, 6.45) is 5.84. The number of hydrogen-bond acceptors (Lipinski definition) is 5. The number of carbonyl (C=O) groups excluding carboxylic acids is 1. The molecule has 1 saturated heterocycles. The first-order valence-corrected chi connectivity index (χ1v) is 9.15. The van der Waals surface area contributed by atoms with E-state index < -0.39 is 5.97 Å². The zero-order valence-corrected chi connectivity index (χ0v) is 15.3. The molecule has 2 aromatic carbocycles. The van der Waals surface area contributed by atoms with Crippen LogP contribution in [-0.2, 0) is 11.3 Å². The van der Waals surface area contributed by atoms with Gasteiger partial charge >= 0.3 is 5.97 Å². The largest absolute Gasteiger partial charge is 0.507 e. The number of aromatic hydroxyl groups is 1. The number of aromatic nitrogens is 1. The van der Waals surface area contributed by atoms with Crippen LogP contribution >= 0.6 is 0 Å². The van der Waals surface area contributed by atoms with Crippen LogP contribution in [0.5, 0.6) is 5.75 Å². The molecule has 1 aromatic heterocycles. The fourth-order valence-electron chi connectivity index (χ4n) is 4.01. The normalized spacial score (nSPS) is 17.3. The third-order valence-electron chi connectivity index (χ3n) is 5.33. The molecule has 27 heavy (non-hydrogen) atoms. The van der Waals surface area contributed by atoms with Crippen LogP contribution in [0.2, 0.25) is 0 Å². The minimum atomic E-state index is -0.523. The summed E-state index contributed by atoms with van der Waals surface area (Å²) >= 11 is 0. The number of pyridine rings is 1. The van der Waals surface area contributed by atoms with Crippen molar-refractivity contribution in [2.75, 3.05) is 13.7 Å². The van der Waals surface area contributed by atoms with Crippen molar-refractivity contribution in [3.63, 3.8) is 0 Å². The van der Waals surface area contributed by atoms with Crippen LogP contribution < -0.4 is 0 Å². The second-order valence-corrected chi connectivity index (χ2v) is 6.88. The molecule has 1 N–H and O–H groups in total. The summed E-state index contributed by atoms with van der Waals surface area (Å²) in [4.78, 5) is 18.7. The van der Waals surface area contributed by atoms with Gasteiger partial charge in [0.25, 0.3) is 0 Å². The van der Waals surface area contributed by atoms with Crippen molar-refractivity contribution in [3.05, 3.63) is 71.5 Å². The van der Waals surface area contributed by atoms with Crippen LogP contribution in [0.4, 0.5) is 0 Å². The van der Waals surface area contributed by atoms with E-state index in [-0.39, 0.29) is 17.4 Å². The SMILES string of the molecule is COC(=O)c1cc2ccccc2c(CN2CCC[C@@H]2c2cccnc2)c1O. The molecule has 0 unspecified atom stereocenters. The van der Waals surface area contributed by atoms with Gasteiger partial charge in [0, 0.05) is 30.5 Å². The average molecular weight is 362 g/mol. The lowest BCUT2D eigenvalue weighted by Gasteiger charge is -2.26. The summed E-state index contributed by atoms with van der Waals surface area (Å²) in [5, 5.41) is 12.7. The van der Waals surface area contributed by atoms with E-state index in [1.165, 1.54) is 12.7 Å². The maximum absolute atomic E-state index is 12.1. The van der Waals surface area contributed by atoms with Gasteiger partial charge in [-0.05, 0) is 47.9 Å². The predicted octanol–water partition coefficient (Wildman–Crippen LogP) is 4.06. The molecule has 1 aliphatic heterocycles. The number of rotatable bonds is 4. The predicted molar refractivity (Wildman–Crippen MR) is 104 cm³/mol. The van der Waals surface area contributed by atoms with Crippen molar-refractivity contribution < 1.29 is 14.6 Å². The Kier molecular flexibility index (Phi) is 4.77. The van der Waals surface area contributed by atoms with Crippen molar-refractivity contribution in [1.29, 1.82) is 0 Å². The number of esters is 1. The zero-order valence-electron chi connectivity index (χ0n) is 15.3. The van der Waals surface area contributed by atoms with Crippen molar-refractivity contribution in [1.82, 2.24) is 9.88 Å². The number of benzene rings is 2. The van der Waals surface area contributed by atoms with E-state index in [1.54, 1.807) is 12.3 Å². The van der Waals surface area contributed by atoms with Crippen LogP contribution in [0.1, 0.15) is 40.4 Å². The molecule has 0 aliphatic carbocycles. The van der Waals surface area contributed by atoms with E-state index in [1.807, 2.05) is 36.5 Å². The molecule has 1 fully saturated rings. The van der Waals surface area contributed by atoms with E-state index >= 15 is 0 Å². The molecule has 5 heteroatoms. The van der Waals surface area contributed by atoms with Crippen LogP contribution in [0, 0.1) is 0 Å². The number of fused-ring (bicyclic) bond motifs is 1. The van der Waals surface area contributed by atoms with Gasteiger partial charge in [-0.15, -0.1) is 0 Å². The summed E-state index contributed by atoms with van der Waals surface area (Å²) in [6, 6.07) is 13.8. The third-order valence-corrected chi connectivity index (χ3v) is 5.33. The molecule has 1 aliphatic rings. The van der Waals surface area contributed by atoms with Gasteiger partial charge in [-0.2, -0.15) is 0 Å². The molecule has 2 heterocycles. The van der Waals surface area contributed by atoms with Crippen molar-refractivity contribution in [2.24, 2.45) is 0 Å². The lowest BCUT2D eigenvalue weighted by molar-refractivity contribution is 0.0597. The van der Waals surface area contributed by atoms with Crippen LogP contribution in [0.25, 0.3) is 10.8 Å². The summed E-state index contributed by atoms with van der Waals surface area (Å²) in [5.41, 5.74) is 2.16. The summed E-state index contributed by atoms with van der Waals surface area (Å²) < 4.78 is 4.86. The minimum absolute atomic E-state index is 0.0115. The molecule has 5 nitrogen and oxygen atoms in total. The van der Waals surface area contributed by atoms with E-state index in [0.29, 0.717) is 6.54 Å². The molecule has 0 spiro atoms. The Hall–Kier alpha value is -2.92. The highest BCUT2D eigenvalue weighted by Crippen LogP contribution is 2.38. The smallest absolute Gasteiger partial charge is 0.341 e. The Morgan fingerprint density at radius 1 is 1.30 bits per heavy atom. The first kappa shape index (κ1) is 17.5. The molecular weight excluding hydrogens is 340 g/mol. The summed E-state index contributed by atoms with van der Waals surface area (Å²) in [5.74, 6) is -0.512. The zero-order chi connectivity index (χ0) is 18.8. The van der Waals surface area contributed by atoms with Crippen LogP contribution in [0.3, 0.4) is 0 Å². The van der Waals surface area contributed by atoms with E-state index in [2.05, 4.69) is 16.0 Å². The number of nitrogens with zero attached hydrogens (tertiary/aromatic N) is 2. The first-order valence-electron chi connectivity index (χ1n) is 9.15. The fourth-order valence-corrected chi connectivity index (χ4v) is 4.01. The van der Waals surface area contributed by atoms with Crippen molar-refractivity contribution >= 4 is 16.7 Å². The molecule has 1 atom stereocenters. The maximum Gasteiger partial charge on any atom is 0.341 e. The highest BCUT2D eigenvalue weighted by Gasteiger charge is 2.28. The number of phenolic OH excluding ortho intramolecular Hbond substituents is 1. The van der Waals surface area contributed by atoms with Crippen LogP contribution in [-0.4, -0.2) is 34.6 Å². The Morgan fingerprint density at radius 3 is 2.93 bits per heavy atom. The molecular formula is C22H22N2O3. The maximum atomic E-state index is 12.1. The van der Waals surface area contributed by atoms with Gasteiger partial charge in [0.1, 0.15) is 11.3 Å². The number of phenols is 1. The number of hydrogen-bond donors (Lipinski definition) is 1. The molecule has 3 aromatic rings. The Balaban J connectivity index is 1.77. The van der Waals surface area contributed by atoms with Gasteiger partial charge < -0.3 is 9.84 Å². The number of methoxy groups -OCH3 is 1. The molecule has 0 amide bonds. The van der Waals surface area contributed by atoms with E-state index in [4.69, 9.17) is 4.74 Å². The number of ether oxygens (including phenoxy) is 1. The van der Waals surface area contributed by atoms with E-state index in [0.717, 1.165) is 35.7 Å². The molecule has 4 rings (SSSR count). The lowest BCUT2D eigenvalue weighted by atomic mass is 9.98. The first-order chi connectivity index (χ1) is 13.2. The quantitative estimate of drug-likeness (QED) is 0.709. The van der Waals surface area contributed by atoms with Crippen molar-refractivity contribution in [2.45, 2.75) is 25.4 Å². The average Bonchev–Trinajstić information content (AvgIpc) is 3.18. The van der Waals surface area contributed by atoms with E-state index in [9.17, 15) is 9.90 Å².